The molecule has 0 radical (unpaired) electrons. The Morgan fingerprint density at radius 3 is 0.710 bits per heavy atom. The third-order valence-electron chi connectivity index (χ3n) is 9.73. The van der Waals surface area contributed by atoms with Gasteiger partial charge in [-0.2, -0.15) is 15.8 Å². The first kappa shape index (κ1) is 43.0. The predicted molar refractivity (Wildman–Crippen MR) is 235 cm³/mol. The van der Waals surface area contributed by atoms with E-state index in [-0.39, 0.29) is 16.7 Å². The number of carbonyl (C=O) groups excluding carboxylic acids is 3. The molecule has 0 fully saturated rings. The number of hydrogen-bond acceptors (Lipinski definition) is 9. The smallest absolute Gasteiger partial charge is 0.349 e. The maximum Gasteiger partial charge on any atom is 0.349 e. The van der Waals surface area contributed by atoms with Crippen molar-refractivity contribution in [2.45, 2.75) is 6.92 Å². The molecule has 0 aromatic heterocycles. The van der Waals surface area contributed by atoms with E-state index >= 15 is 0 Å². The van der Waals surface area contributed by atoms with Crippen LogP contribution in [0.5, 0.6) is 0 Å². The van der Waals surface area contributed by atoms with Crippen molar-refractivity contribution in [3.63, 3.8) is 0 Å². The van der Waals surface area contributed by atoms with Gasteiger partial charge in [-0.25, -0.2) is 14.4 Å². The van der Waals surface area contributed by atoms with Gasteiger partial charge in [-0.05, 0) is 40.3 Å². The van der Waals surface area contributed by atoms with Crippen molar-refractivity contribution in [2.75, 3.05) is 19.8 Å². The SMILES string of the molecule is CC(COC(=O)C(C#N)=C(c1ccccc1)c1ccccc1)(COC(=O)C(C#N)=C(c1ccccc1)c1ccccc1)COC(=O)C(C#N)=C(c1ccccc1)c1ccccc1. The minimum Gasteiger partial charge on any atom is -0.461 e. The van der Waals surface area contributed by atoms with Crippen LogP contribution < -0.4 is 0 Å². The summed E-state index contributed by atoms with van der Waals surface area (Å²) in [7, 11) is 0. The first-order valence-electron chi connectivity index (χ1n) is 19.5. The average molecular weight is 814 g/mol. The summed E-state index contributed by atoms with van der Waals surface area (Å²) in [6.45, 7) is 0.0162. The fraction of sp³-hybridized carbons (Fsp3) is 0.0943. The first-order chi connectivity index (χ1) is 30.3. The van der Waals surface area contributed by atoms with Crippen molar-refractivity contribution in [1.29, 1.82) is 15.8 Å². The Morgan fingerprint density at radius 1 is 0.371 bits per heavy atom. The summed E-state index contributed by atoms with van der Waals surface area (Å²) in [5, 5.41) is 31.2. The highest BCUT2D eigenvalue weighted by molar-refractivity contribution is 6.07. The fourth-order valence-electron chi connectivity index (χ4n) is 6.67. The fourth-order valence-corrected chi connectivity index (χ4v) is 6.67. The number of carbonyl (C=O) groups is 3. The summed E-state index contributed by atoms with van der Waals surface area (Å²) < 4.78 is 17.5. The number of ether oxygens (including phenoxy) is 3. The summed E-state index contributed by atoms with van der Waals surface area (Å²) >= 11 is 0. The van der Waals surface area contributed by atoms with Crippen molar-refractivity contribution >= 4 is 34.6 Å². The van der Waals surface area contributed by atoms with E-state index < -0.39 is 43.1 Å². The molecule has 0 aliphatic rings. The van der Waals surface area contributed by atoms with Crippen molar-refractivity contribution in [2.24, 2.45) is 5.41 Å². The van der Waals surface area contributed by atoms with E-state index in [2.05, 4.69) is 0 Å². The van der Waals surface area contributed by atoms with Gasteiger partial charge in [0.25, 0.3) is 0 Å². The summed E-state index contributed by atoms with van der Waals surface area (Å²) in [6.07, 6.45) is 0. The number of rotatable bonds is 15. The molecule has 0 heterocycles. The van der Waals surface area contributed by atoms with Gasteiger partial charge in [0, 0.05) is 16.7 Å². The Hall–Kier alpha value is -8.58. The van der Waals surface area contributed by atoms with Crippen molar-refractivity contribution < 1.29 is 28.6 Å². The van der Waals surface area contributed by atoms with Gasteiger partial charge in [0.15, 0.2) is 0 Å². The Morgan fingerprint density at radius 2 is 0.548 bits per heavy atom. The molecular weight excluding hydrogens is 775 g/mol. The molecule has 9 nitrogen and oxygen atoms in total. The van der Waals surface area contributed by atoms with Gasteiger partial charge in [0.2, 0.25) is 0 Å². The molecule has 0 amide bonds. The zero-order valence-electron chi connectivity index (χ0n) is 33.7. The van der Waals surface area contributed by atoms with Crippen LogP contribution in [0.25, 0.3) is 16.7 Å². The second kappa shape index (κ2) is 20.9. The van der Waals surface area contributed by atoms with E-state index in [0.29, 0.717) is 50.1 Å². The van der Waals surface area contributed by atoms with Gasteiger partial charge in [0.05, 0.1) is 5.41 Å². The van der Waals surface area contributed by atoms with Gasteiger partial charge < -0.3 is 14.2 Å². The van der Waals surface area contributed by atoms with Gasteiger partial charge >= 0.3 is 17.9 Å². The molecule has 0 bridgehead atoms. The summed E-state index contributed by atoms with van der Waals surface area (Å²) in [4.78, 5) is 41.9. The molecule has 0 spiro atoms. The highest BCUT2D eigenvalue weighted by Gasteiger charge is 2.34. The van der Waals surface area contributed by atoms with Crippen LogP contribution in [0.1, 0.15) is 40.3 Å². The number of nitrogens with zero attached hydrogens (tertiary/aromatic N) is 3. The van der Waals surface area contributed by atoms with Gasteiger partial charge in [-0.1, -0.05) is 182 Å². The number of nitriles is 3. The molecule has 0 saturated carbocycles. The predicted octanol–water partition coefficient (Wildman–Crippen LogP) is 9.70. The zero-order chi connectivity index (χ0) is 43.7. The Kier molecular flexibility index (Phi) is 14.5. The normalized spacial score (nSPS) is 10.4. The lowest BCUT2D eigenvalue weighted by atomic mass is 9.92. The third-order valence-corrected chi connectivity index (χ3v) is 9.73. The van der Waals surface area contributed by atoms with Crippen LogP contribution >= 0.6 is 0 Å². The molecule has 62 heavy (non-hydrogen) atoms. The average Bonchev–Trinajstić information content (AvgIpc) is 3.33. The molecule has 0 atom stereocenters. The molecule has 0 aliphatic heterocycles. The molecule has 0 saturated heterocycles. The Labute approximate surface area is 360 Å². The van der Waals surface area contributed by atoms with Crippen LogP contribution in [-0.2, 0) is 28.6 Å². The molecule has 6 aromatic rings. The van der Waals surface area contributed by atoms with Gasteiger partial charge in [0.1, 0.15) is 54.7 Å². The second-order valence-electron chi connectivity index (χ2n) is 14.3. The standard InChI is InChI=1S/C53H39N3O6/c1-53(35-60-50(57)44(32-54)47(38-20-8-2-9-21-38)39-22-10-3-11-23-39,36-61-51(58)45(33-55)48(40-24-12-4-13-25-40)41-26-14-5-15-27-41)37-62-52(59)46(34-56)49(42-28-16-6-17-29-42)43-30-18-7-19-31-43/h2-31H,35-37H2,1H3. The quantitative estimate of drug-likeness (QED) is 0.0427. The van der Waals surface area contributed by atoms with E-state index in [4.69, 9.17) is 14.2 Å². The van der Waals surface area contributed by atoms with E-state index in [9.17, 15) is 30.2 Å². The van der Waals surface area contributed by atoms with E-state index in [1.165, 1.54) is 0 Å². The molecule has 6 aromatic carbocycles. The molecule has 0 N–H and O–H groups in total. The Bertz CT molecular complexity index is 2320. The molecule has 9 heteroatoms. The number of esters is 3. The lowest BCUT2D eigenvalue weighted by Gasteiger charge is -2.28. The maximum absolute atomic E-state index is 14.0. The third kappa shape index (κ3) is 10.5. The van der Waals surface area contributed by atoms with Crippen LogP contribution in [0.3, 0.4) is 0 Å². The molecular formula is C53H39N3O6. The first-order valence-corrected chi connectivity index (χ1v) is 19.5. The highest BCUT2D eigenvalue weighted by Crippen LogP contribution is 2.32. The number of hydrogen-bond donors (Lipinski definition) is 0. The van der Waals surface area contributed by atoms with Crippen LogP contribution in [0, 0.1) is 39.4 Å². The van der Waals surface area contributed by atoms with Crippen molar-refractivity contribution in [3.05, 3.63) is 232 Å². The van der Waals surface area contributed by atoms with Crippen LogP contribution in [0.15, 0.2) is 199 Å². The summed E-state index contributed by atoms with van der Waals surface area (Å²) in [5.74, 6) is -2.92. The lowest BCUT2D eigenvalue weighted by molar-refractivity contribution is -0.155. The monoisotopic (exact) mass is 813 g/mol. The topological polar surface area (TPSA) is 150 Å². The molecule has 302 valence electrons. The van der Waals surface area contributed by atoms with Gasteiger partial charge in [-0.15, -0.1) is 0 Å². The maximum atomic E-state index is 14.0. The van der Waals surface area contributed by atoms with Crippen molar-refractivity contribution in [3.8, 4) is 18.2 Å². The van der Waals surface area contributed by atoms with Gasteiger partial charge in [-0.3, -0.25) is 0 Å². The van der Waals surface area contributed by atoms with E-state index in [1.54, 1.807) is 153 Å². The molecule has 6 rings (SSSR count). The second-order valence-corrected chi connectivity index (χ2v) is 14.3. The Balaban J connectivity index is 1.36. The lowest BCUT2D eigenvalue weighted by Crippen LogP contribution is -2.37. The summed E-state index contributed by atoms with van der Waals surface area (Å²) in [6, 6.07) is 59.6. The summed E-state index contributed by atoms with van der Waals surface area (Å²) in [5.41, 5.74) is 2.32. The molecule has 0 unspecified atom stereocenters. The van der Waals surface area contributed by atoms with E-state index in [0.717, 1.165) is 0 Å². The van der Waals surface area contributed by atoms with Crippen LogP contribution in [0.4, 0.5) is 0 Å². The van der Waals surface area contributed by atoms with Crippen molar-refractivity contribution in [1.82, 2.24) is 0 Å². The minimum absolute atomic E-state index is 0.283. The zero-order valence-corrected chi connectivity index (χ0v) is 33.7. The van der Waals surface area contributed by atoms with Crippen LogP contribution in [0.2, 0.25) is 0 Å². The van der Waals surface area contributed by atoms with E-state index in [1.807, 2.05) is 54.6 Å². The number of benzene rings is 6. The van der Waals surface area contributed by atoms with Crippen LogP contribution in [-0.4, -0.2) is 37.7 Å². The molecule has 0 aliphatic carbocycles. The highest BCUT2D eigenvalue weighted by atomic mass is 16.6. The minimum atomic E-state index is -1.47. The largest absolute Gasteiger partial charge is 0.461 e.